The Morgan fingerprint density at radius 1 is 1.40 bits per heavy atom. The molecule has 0 aromatic rings. The van der Waals surface area contributed by atoms with Crippen molar-refractivity contribution in [3.8, 4) is 0 Å². The zero-order valence-corrected chi connectivity index (χ0v) is 7.22. The number of aliphatic hydroxyl groups is 1. The first kappa shape index (κ1) is 9.92. The highest BCUT2D eigenvalue weighted by Gasteiger charge is 1.98. The van der Waals surface area contributed by atoms with Crippen LogP contribution in [0.1, 0.15) is 33.6 Å². The predicted octanol–water partition coefficient (Wildman–Crippen LogP) is 1.15. The lowest BCUT2D eigenvalue weighted by Gasteiger charge is -2.11. The smallest absolute Gasteiger partial charge is 0.0524 e. The Hall–Kier alpha value is -0.0800. The van der Waals surface area contributed by atoms with Crippen molar-refractivity contribution in [2.45, 2.75) is 45.8 Å². The summed E-state index contributed by atoms with van der Waals surface area (Å²) in [6.07, 6.45) is 1.83. The molecule has 0 rings (SSSR count). The summed E-state index contributed by atoms with van der Waals surface area (Å²) in [6, 6.07) is 0.582. The van der Waals surface area contributed by atoms with Gasteiger partial charge in [-0.25, -0.2) is 0 Å². The quantitative estimate of drug-likeness (QED) is 0.608. The van der Waals surface area contributed by atoms with Gasteiger partial charge in [-0.3, -0.25) is 0 Å². The number of aliphatic hydroxyl groups excluding tert-OH is 1. The summed E-state index contributed by atoms with van der Waals surface area (Å²) < 4.78 is 0. The molecular formula is C8H19NO. The van der Waals surface area contributed by atoms with Crippen LogP contribution in [0.15, 0.2) is 0 Å². The first-order valence-corrected chi connectivity index (χ1v) is 4.08. The summed E-state index contributed by atoms with van der Waals surface area (Å²) in [5.74, 6) is 0. The molecule has 10 heavy (non-hydrogen) atoms. The molecule has 2 nitrogen and oxygen atoms in total. The summed E-state index contributed by atoms with van der Waals surface area (Å²) in [4.78, 5) is 0. The third-order valence-corrected chi connectivity index (χ3v) is 1.67. The minimum absolute atomic E-state index is 0.170. The molecule has 2 atom stereocenters. The molecular weight excluding hydrogens is 126 g/mol. The van der Waals surface area contributed by atoms with E-state index in [1.54, 1.807) is 0 Å². The number of nitrogens with one attached hydrogen (secondary N) is 1. The van der Waals surface area contributed by atoms with Crippen molar-refractivity contribution in [2.75, 3.05) is 6.54 Å². The van der Waals surface area contributed by atoms with Gasteiger partial charge in [-0.2, -0.15) is 0 Å². The van der Waals surface area contributed by atoms with Gasteiger partial charge in [0.25, 0.3) is 0 Å². The molecule has 0 heterocycles. The van der Waals surface area contributed by atoms with Gasteiger partial charge >= 0.3 is 0 Å². The molecule has 2 heteroatoms. The molecule has 0 aromatic carbocycles. The lowest BCUT2D eigenvalue weighted by molar-refractivity contribution is 0.182. The highest BCUT2D eigenvalue weighted by molar-refractivity contribution is 4.58. The van der Waals surface area contributed by atoms with Crippen molar-refractivity contribution < 1.29 is 5.11 Å². The predicted molar refractivity (Wildman–Crippen MR) is 44.1 cm³/mol. The van der Waals surface area contributed by atoms with E-state index in [0.717, 1.165) is 19.4 Å². The SMILES string of the molecule is CCC(C)NCCC(C)O. The molecule has 2 N–H and O–H groups in total. The summed E-state index contributed by atoms with van der Waals surface area (Å²) in [6.45, 7) is 7.05. The number of hydrogen-bond donors (Lipinski definition) is 2. The Labute approximate surface area is 63.6 Å². The molecule has 0 fully saturated rings. The normalized spacial score (nSPS) is 16.8. The molecule has 0 bridgehead atoms. The van der Waals surface area contributed by atoms with Crippen LogP contribution in [0.2, 0.25) is 0 Å². The fraction of sp³-hybridized carbons (Fsp3) is 1.00. The van der Waals surface area contributed by atoms with Crippen LogP contribution < -0.4 is 5.32 Å². The van der Waals surface area contributed by atoms with Crippen molar-refractivity contribution in [3.05, 3.63) is 0 Å². The Morgan fingerprint density at radius 2 is 2.00 bits per heavy atom. The van der Waals surface area contributed by atoms with Gasteiger partial charge in [-0.05, 0) is 33.2 Å². The van der Waals surface area contributed by atoms with Gasteiger partial charge in [0.15, 0.2) is 0 Å². The fourth-order valence-corrected chi connectivity index (χ4v) is 0.683. The van der Waals surface area contributed by atoms with E-state index in [1.807, 2.05) is 6.92 Å². The first-order valence-electron chi connectivity index (χ1n) is 4.08. The van der Waals surface area contributed by atoms with E-state index in [2.05, 4.69) is 19.2 Å². The van der Waals surface area contributed by atoms with Crippen molar-refractivity contribution in [1.82, 2.24) is 5.32 Å². The minimum atomic E-state index is -0.170. The highest BCUT2D eigenvalue weighted by Crippen LogP contribution is 1.90. The van der Waals surface area contributed by atoms with Gasteiger partial charge < -0.3 is 10.4 Å². The van der Waals surface area contributed by atoms with Crippen LogP contribution in [0.5, 0.6) is 0 Å². The van der Waals surface area contributed by atoms with E-state index in [9.17, 15) is 0 Å². The van der Waals surface area contributed by atoms with Crippen LogP contribution in [0.4, 0.5) is 0 Å². The Bertz CT molecular complexity index is 73.7. The molecule has 2 unspecified atom stereocenters. The first-order chi connectivity index (χ1) is 4.66. The van der Waals surface area contributed by atoms with E-state index >= 15 is 0 Å². The fourth-order valence-electron chi connectivity index (χ4n) is 0.683. The summed E-state index contributed by atoms with van der Waals surface area (Å²) in [5, 5.41) is 12.2. The summed E-state index contributed by atoms with van der Waals surface area (Å²) >= 11 is 0. The van der Waals surface area contributed by atoms with Gasteiger partial charge in [0, 0.05) is 6.04 Å². The van der Waals surface area contributed by atoms with Crippen LogP contribution in [0.25, 0.3) is 0 Å². The third kappa shape index (κ3) is 6.05. The molecule has 0 saturated carbocycles. The number of rotatable bonds is 5. The van der Waals surface area contributed by atoms with E-state index in [4.69, 9.17) is 5.11 Å². The molecule has 0 amide bonds. The maximum atomic E-state index is 8.90. The topological polar surface area (TPSA) is 32.3 Å². The molecule has 0 radical (unpaired) electrons. The Kier molecular flexibility index (Phi) is 5.64. The largest absolute Gasteiger partial charge is 0.393 e. The van der Waals surface area contributed by atoms with Crippen LogP contribution >= 0.6 is 0 Å². The molecule has 0 aliphatic carbocycles. The van der Waals surface area contributed by atoms with Crippen molar-refractivity contribution >= 4 is 0 Å². The van der Waals surface area contributed by atoms with Gasteiger partial charge in [0.2, 0.25) is 0 Å². The third-order valence-electron chi connectivity index (χ3n) is 1.67. The Balaban J connectivity index is 3.03. The lowest BCUT2D eigenvalue weighted by atomic mass is 10.2. The average molecular weight is 145 g/mol. The van der Waals surface area contributed by atoms with Crippen LogP contribution in [0.3, 0.4) is 0 Å². The van der Waals surface area contributed by atoms with Gasteiger partial charge in [0.1, 0.15) is 0 Å². The van der Waals surface area contributed by atoms with Gasteiger partial charge in [-0.15, -0.1) is 0 Å². The monoisotopic (exact) mass is 145 g/mol. The molecule has 0 aliphatic rings. The zero-order valence-electron chi connectivity index (χ0n) is 7.22. The van der Waals surface area contributed by atoms with E-state index in [-0.39, 0.29) is 6.10 Å². The van der Waals surface area contributed by atoms with E-state index in [1.165, 1.54) is 0 Å². The average Bonchev–Trinajstić information content (AvgIpc) is 1.87. The molecule has 0 aliphatic heterocycles. The standard InChI is InChI=1S/C8H19NO/c1-4-7(2)9-6-5-8(3)10/h7-10H,4-6H2,1-3H3. The van der Waals surface area contributed by atoms with Crippen molar-refractivity contribution in [1.29, 1.82) is 0 Å². The van der Waals surface area contributed by atoms with Crippen LogP contribution in [0, 0.1) is 0 Å². The van der Waals surface area contributed by atoms with E-state index < -0.39 is 0 Å². The second-order valence-electron chi connectivity index (χ2n) is 2.90. The second-order valence-corrected chi connectivity index (χ2v) is 2.90. The maximum absolute atomic E-state index is 8.90. The van der Waals surface area contributed by atoms with Gasteiger partial charge in [0.05, 0.1) is 6.10 Å². The van der Waals surface area contributed by atoms with E-state index in [0.29, 0.717) is 6.04 Å². The van der Waals surface area contributed by atoms with Crippen molar-refractivity contribution in [3.63, 3.8) is 0 Å². The maximum Gasteiger partial charge on any atom is 0.0524 e. The lowest BCUT2D eigenvalue weighted by Crippen LogP contribution is -2.27. The van der Waals surface area contributed by atoms with Crippen molar-refractivity contribution in [2.24, 2.45) is 0 Å². The molecule has 0 spiro atoms. The Morgan fingerprint density at radius 3 is 2.40 bits per heavy atom. The molecule has 0 saturated heterocycles. The zero-order chi connectivity index (χ0) is 7.98. The number of hydrogen-bond acceptors (Lipinski definition) is 2. The highest BCUT2D eigenvalue weighted by atomic mass is 16.3. The minimum Gasteiger partial charge on any atom is -0.393 e. The van der Waals surface area contributed by atoms with Crippen LogP contribution in [-0.2, 0) is 0 Å². The van der Waals surface area contributed by atoms with Crippen LogP contribution in [-0.4, -0.2) is 23.8 Å². The summed E-state index contributed by atoms with van der Waals surface area (Å²) in [5.41, 5.74) is 0. The summed E-state index contributed by atoms with van der Waals surface area (Å²) in [7, 11) is 0. The second kappa shape index (κ2) is 5.69. The van der Waals surface area contributed by atoms with Gasteiger partial charge in [-0.1, -0.05) is 6.92 Å². The molecule has 0 aromatic heterocycles. The molecule has 62 valence electrons.